The molecule has 4 aliphatic rings. The molecule has 4 rings (SSSR count). The van der Waals surface area contributed by atoms with Crippen molar-refractivity contribution in [2.75, 3.05) is 0 Å². The van der Waals surface area contributed by atoms with E-state index in [0.717, 1.165) is 24.2 Å². The summed E-state index contributed by atoms with van der Waals surface area (Å²) in [5.74, 6) is 3.65. The van der Waals surface area contributed by atoms with E-state index >= 15 is 4.39 Å². The number of rotatable bonds is 1. The number of hydrogen-bond donors (Lipinski definition) is 0. The van der Waals surface area contributed by atoms with Crippen LogP contribution in [0.3, 0.4) is 0 Å². The Morgan fingerprint density at radius 3 is 2.41 bits per heavy atom. The van der Waals surface area contributed by atoms with Crippen LogP contribution in [0.25, 0.3) is 0 Å². The molecule has 0 bridgehead atoms. The maximum absolute atomic E-state index is 15.1. The van der Waals surface area contributed by atoms with Crippen LogP contribution in [0.2, 0.25) is 0 Å². The van der Waals surface area contributed by atoms with Gasteiger partial charge in [-0.05, 0) is 85.4 Å². The van der Waals surface area contributed by atoms with Gasteiger partial charge in [0.05, 0.1) is 0 Å². The molecule has 0 unspecified atom stereocenters. The quantitative estimate of drug-likeness (QED) is 0.526. The third kappa shape index (κ3) is 1.92. The van der Waals surface area contributed by atoms with E-state index in [1.165, 1.54) is 57.8 Å². The predicted octanol–water partition coefficient (Wildman–Crippen LogP) is 6.39. The highest BCUT2D eigenvalue weighted by Crippen LogP contribution is 2.68. The van der Waals surface area contributed by atoms with Gasteiger partial charge in [-0.3, -0.25) is 0 Å². The van der Waals surface area contributed by atoms with Crippen LogP contribution >= 0.6 is 0 Å². The van der Waals surface area contributed by atoms with Crippen LogP contribution in [0.5, 0.6) is 0 Å². The van der Waals surface area contributed by atoms with Crippen LogP contribution in [0.15, 0.2) is 0 Å². The third-order valence-electron chi connectivity index (χ3n) is 9.23. The molecule has 0 radical (unpaired) electrons. The Morgan fingerprint density at radius 1 is 0.864 bits per heavy atom. The standard InChI is InChI=1S/C21H35F/c1-4-14-8-9-16-15-13-19(22)18-7-5-6-11-21(18,3)17(15)10-12-20(14,16)2/h14-19H,4-13H2,1-3H3/t14-,15-,16-,17-,18+,19+,20+,21+/m0/s1. The van der Waals surface area contributed by atoms with Crippen molar-refractivity contribution in [1.82, 2.24) is 0 Å². The fraction of sp³-hybridized carbons (Fsp3) is 1.00. The van der Waals surface area contributed by atoms with E-state index in [4.69, 9.17) is 0 Å². The lowest BCUT2D eigenvalue weighted by Crippen LogP contribution is -2.56. The molecule has 0 spiro atoms. The van der Waals surface area contributed by atoms with Crippen molar-refractivity contribution in [3.63, 3.8) is 0 Å². The molecule has 0 heterocycles. The van der Waals surface area contributed by atoms with Crippen molar-refractivity contribution in [2.45, 2.75) is 91.2 Å². The minimum atomic E-state index is -0.505. The first-order valence-electron chi connectivity index (χ1n) is 10.1. The summed E-state index contributed by atoms with van der Waals surface area (Å²) in [4.78, 5) is 0. The summed E-state index contributed by atoms with van der Waals surface area (Å²) in [6.07, 6.45) is 12.5. The second-order valence-electron chi connectivity index (χ2n) is 9.71. The van der Waals surface area contributed by atoms with Gasteiger partial charge in [0.25, 0.3) is 0 Å². The lowest BCUT2D eigenvalue weighted by atomic mass is 9.44. The second-order valence-corrected chi connectivity index (χ2v) is 9.71. The molecule has 4 aliphatic carbocycles. The topological polar surface area (TPSA) is 0 Å². The van der Waals surface area contributed by atoms with E-state index < -0.39 is 6.17 Å². The molecule has 22 heavy (non-hydrogen) atoms. The lowest BCUT2D eigenvalue weighted by molar-refractivity contribution is -0.139. The van der Waals surface area contributed by atoms with Crippen molar-refractivity contribution in [3.05, 3.63) is 0 Å². The van der Waals surface area contributed by atoms with Crippen molar-refractivity contribution >= 4 is 0 Å². The average Bonchev–Trinajstić information content (AvgIpc) is 2.84. The molecular formula is C21H35F. The zero-order chi connectivity index (χ0) is 15.5. The van der Waals surface area contributed by atoms with E-state index in [9.17, 15) is 0 Å². The molecule has 8 atom stereocenters. The van der Waals surface area contributed by atoms with Crippen LogP contribution < -0.4 is 0 Å². The number of alkyl halides is 1. The summed E-state index contributed by atoms with van der Waals surface area (Å²) in [5, 5.41) is 0. The summed E-state index contributed by atoms with van der Waals surface area (Å²) in [6, 6.07) is 0. The molecule has 0 N–H and O–H groups in total. The van der Waals surface area contributed by atoms with Crippen molar-refractivity contribution < 1.29 is 4.39 Å². The first-order chi connectivity index (χ1) is 10.5. The molecule has 126 valence electrons. The van der Waals surface area contributed by atoms with Gasteiger partial charge in [0.15, 0.2) is 0 Å². The van der Waals surface area contributed by atoms with Crippen molar-refractivity contribution in [3.8, 4) is 0 Å². The lowest BCUT2D eigenvalue weighted by Gasteiger charge is -2.61. The zero-order valence-corrected chi connectivity index (χ0v) is 14.9. The minimum Gasteiger partial charge on any atom is -0.247 e. The van der Waals surface area contributed by atoms with Gasteiger partial charge in [0.1, 0.15) is 6.17 Å². The highest BCUT2D eigenvalue weighted by molar-refractivity contribution is 5.10. The van der Waals surface area contributed by atoms with E-state index in [2.05, 4.69) is 20.8 Å². The second kappa shape index (κ2) is 5.21. The molecule has 0 aliphatic heterocycles. The van der Waals surface area contributed by atoms with Gasteiger partial charge in [0, 0.05) is 0 Å². The molecule has 1 heteroatoms. The monoisotopic (exact) mass is 306 g/mol. The molecule has 4 saturated carbocycles. The Bertz CT molecular complexity index is 432. The first kappa shape index (κ1) is 15.5. The Balaban J connectivity index is 1.66. The highest BCUT2D eigenvalue weighted by Gasteiger charge is 2.61. The Labute approximate surface area is 136 Å². The molecule has 0 amide bonds. The van der Waals surface area contributed by atoms with Gasteiger partial charge >= 0.3 is 0 Å². The smallest absolute Gasteiger partial charge is 0.104 e. The molecule has 0 saturated heterocycles. The van der Waals surface area contributed by atoms with Crippen LogP contribution in [-0.4, -0.2) is 6.17 Å². The minimum absolute atomic E-state index is 0.326. The van der Waals surface area contributed by atoms with E-state index in [-0.39, 0.29) is 0 Å². The SMILES string of the molecule is CC[C@H]1CC[C@H]2[C@@H]3C[C@@H](F)[C@H]4CCCC[C@]4(C)[C@H]3CC[C@]12C. The highest BCUT2D eigenvalue weighted by atomic mass is 19.1. The summed E-state index contributed by atoms with van der Waals surface area (Å²) < 4.78 is 15.1. The van der Waals surface area contributed by atoms with Crippen molar-refractivity contribution in [1.29, 1.82) is 0 Å². The summed E-state index contributed by atoms with van der Waals surface area (Å²) in [6.45, 7) is 7.43. The largest absolute Gasteiger partial charge is 0.247 e. The predicted molar refractivity (Wildman–Crippen MR) is 90.4 cm³/mol. The van der Waals surface area contributed by atoms with E-state index in [0.29, 0.717) is 22.7 Å². The van der Waals surface area contributed by atoms with Gasteiger partial charge in [0.2, 0.25) is 0 Å². The Kier molecular flexibility index (Phi) is 3.66. The normalized spacial score (nSPS) is 57.8. The van der Waals surface area contributed by atoms with Gasteiger partial charge < -0.3 is 0 Å². The molecule has 0 aromatic rings. The van der Waals surface area contributed by atoms with Gasteiger partial charge in [-0.15, -0.1) is 0 Å². The fourth-order valence-electron chi connectivity index (χ4n) is 8.08. The zero-order valence-electron chi connectivity index (χ0n) is 14.9. The maximum atomic E-state index is 15.1. The van der Waals surface area contributed by atoms with Crippen LogP contribution in [0.4, 0.5) is 4.39 Å². The number of fused-ring (bicyclic) bond motifs is 5. The third-order valence-corrected chi connectivity index (χ3v) is 9.23. The van der Waals surface area contributed by atoms with Crippen LogP contribution in [0, 0.1) is 40.4 Å². The molecular weight excluding hydrogens is 271 g/mol. The molecule has 4 fully saturated rings. The number of hydrogen-bond acceptors (Lipinski definition) is 0. The first-order valence-corrected chi connectivity index (χ1v) is 10.1. The Hall–Kier alpha value is -0.0700. The Morgan fingerprint density at radius 2 is 1.64 bits per heavy atom. The molecule has 0 aromatic carbocycles. The van der Waals surface area contributed by atoms with Crippen molar-refractivity contribution in [2.24, 2.45) is 40.4 Å². The van der Waals surface area contributed by atoms with Gasteiger partial charge in [-0.25, -0.2) is 4.39 Å². The fourth-order valence-corrected chi connectivity index (χ4v) is 8.08. The van der Waals surface area contributed by atoms with Crippen LogP contribution in [0.1, 0.15) is 85.0 Å². The molecule has 0 nitrogen and oxygen atoms in total. The summed E-state index contributed by atoms with van der Waals surface area (Å²) in [5.41, 5.74) is 0.861. The number of halogens is 1. The summed E-state index contributed by atoms with van der Waals surface area (Å²) >= 11 is 0. The van der Waals surface area contributed by atoms with Gasteiger partial charge in [-0.2, -0.15) is 0 Å². The maximum Gasteiger partial charge on any atom is 0.104 e. The van der Waals surface area contributed by atoms with Crippen LogP contribution in [-0.2, 0) is 0 Å². The summed E-state index contributed by atoms with van der Waals surface area (Å²) in [7, 11) is 0. The van der Waals surface area contributed by atoms with E-state index in [1.54, 1.807) is 0 Å². The average molecular weight is 307 g/mol. The molecule has 0 aromatic heterocycles. The van der Waals surface area contributed by atoms with Gasteiger partial charge in [-0.1, -0.05) is 40.0 Å². The van der Waals surface area contributed by atoms with E-state index in [1.807, 2.05) is 0 Å².